The van der Waals surface area contributed by atoms with Gasteiger partial charge in [-0.2, -0.15) is 8.42 Å². The monoisotopic (exact) mass is 445 g/mol. The number of nitrogens with one attached hydrogen (secondary N) is 2. The predicted octanol–water partition coefficient (Wildman–Crippen LogP) is 2.89. The van der Waals surface area contributed by atoms with E-state index in [4.69, 9.17) is 9.47 Å². The van der Waals surface area contributed by atoms with Gasteiger partial charge in [0.1, 0.15) is 12.1 Å². The number of aromatic nitrogens is 2. The summed E-state index contributed by atoms with van der Waals surface area (Å²) in [5.41, 5.74) is 1.73. The fourth-order valence-electron chi connectivity index (χ4n) is 3.21. The van der Waals surface area contributed by atoms with E-state index in [0.717, 1.165) is 16.5 Å². The normalized spacial score (nSPS) is 11.9. The highest BCUT2D eigenvalue weighted by Crippen LogP contribution is 2.35. The highest BCUT2D eigenvalue weighted by molar-refractivity contribution is 7.90. The molecule has 0 saturated carbocycles. The maximum Gasteiger partial charge on any atom is 0.301 e. The second kappa shape index (κ2) is 8.56. The Hall–Kier alpha value is -3.11. The lowest BCUT2D eigenvalue weighted by Crippen LogP contribution is -2.36. The van der Waals surface area contributed by atoms with Crippen LogP contribution in [0.15, 0.2) is 42.7 Å². The van der Waals surface area contributed by atoms with Crippen molar-refractivity contribution >= 4 is 32.6 Å². The van der Waals surface area contributed by atoms with Crippen LogP contribution in [-0.4, -0.2) is 46.7 Å². The van der Waals surface area contributed by atoms with Crippen molar-refractivity contribution in [3.8, 4) is 11.5 Å². The van der Waals surface area contributed by atoms with Crippen molar-refractivity contribution in [2.75, 3.05) is 37.9 Å². The van der Waals surface area contributed by atoms with Crippen LogP contribution in [-0.2, 0) is 15.7 Å². The number of methoxy groups -OCH3 is 2. The second-order valence-electron chi connectivity index (χ2n) is 7.42. The van der Waals surface area contributed by atoms with Gasteiger partial charge in [-0.3, -0.25) is 4.31 Å². The van der Waals surface area contributed by atoms with E-state index >= 15 is 0 Å². The van der Waals surface area contributed by atoms with Crippen molar-refractivity contribution in [3.05, 3.63) is 48.3 Å². The van der Waals surface area contributed by atoms with Crippen LogP contribution < -0.4 is 23.8 Å². The molecule has 0 aliphatic carbocycles. The van der Waals surface area contributed by atoms with Crippen LogP contribution in [0.5, 0.6) is 11.5 Å². The van der Waals surface area contributed by atoms with Crippen LogP contribution in [0.2, 0.25) is 0 Å². The topological polar surface area (TPSA) is 106 Å². The molecule has 0 bridgehead atoms. The van der Waals surface area contributed by atoms with Gasteiger partial charge in [0.15, 0.2) is 11.5 Å². The Bertz CT molecular complexity index is 1180. The third-order valence-corrected chi connectivity index (χ3v) is 6.59. The van der Waals surface area contributed by atoms with Gasteiger partial charge >= 0.3 is 10.2 Å². The summed E-state index contributed by atoms with van der Waals surface area (Å²) < 4.78 is 38.3. The summed E-state index contributed by atoms with van der Waals surface area (Å²) in [6, 6.07) is 10.9. The van der Waals surface area contributed by atoms with Gasteiger partial charge < -0.3 is 14.8 Å². The molecule has 2 aromatic carbocycles. The van der Waals surface area contributed by atoms with Crippen LogP contribution in [0.1, 0.15) is 19.4 Å². The first kappa shape index (κ1) is 22.6. The van der Waals surface area contributed by atoms with Crippen LogP contribution in [0.3, 0.4) is 0 Å². The quantitative estimate of drug-likeness (QED) is 0.549. The van der Waals surface area contributed by atoms with Crippen molar-refractivity contribution in [2.24, 2.45) is 0 Å². The van der Waals surface area contributed by atoms with E-state index < -0.39 is 15.7 Å². The first-order chi connectivity index (χ1) is 14.6. The van der Waals surface area contributed by atoms with Crippen molar-refractivity contribution < 1.29 is 17.9 Å². The second-order valence-corrected chi connectivity index (χ2v) is 9.33. The van der Waals surface area contributed by atoms with Gasteiger partial charge in [-0.05, 0) is 37.6 Å². The third kappa shape index (κ3) is 4.49. The van der Waals surface area contributed by atoms with Gasteiger partial charge in [-0.1, -0.05) is 12.1 Å². The molecule has 0 saturated heterocycles. The van der Waals surface area contributed by atoms with Crippen molar-refractivity contribution in [1.29, 1.82) is 0 Å². The van der Waals surface area contributed by atoms with Crippen LogP contribution in [0.25, 0.3) is 10.9 Å². The average molecular weight is 446 g/mol. The fourth-order valence-corrected chi connectivity index (χ4v) is 3.89. The Morgan fingerprint density at radius 1 is 1.00 bits per heavy atom. The number of hydrogen-bond donors (Lipinski definition) is 2. The summed E-state index contributed by atoms with van der Waals surface area (Å²) >= 11 is 0. The molecule has 0 aliphatic rings. The maximum absolute atomic E-state index is 12.0. The van der Waals surface area contributed by atoms with E-state index in [-0.39, 0.29) is 0 Å². The molecule has 31 heavy (non-hydrogen) atoms. The van der Waals surface area contributed by atoms with Gasteiger partial charge in [0, 0.05) is 25.5 Å². The van der Waals surface area contributed by atoms with Crippen LogP contribution in [0.4, 0.5) is 11.5 Å². The zero-order valence-electron chi connectivity index (χ0n) is 18.4. The summed E-state index contributed by atoms with van der Waals surface area (Å²) in [5.74, 6) is 1.83. The predicted molar refractivity (Wildman–Crippen MR) is 122 cm³/mol. The summed E-state index contributed by atoms with van der Waals surface area (Å²) in [7, 11) is 2.48. The summed E-state index contributed by atoms with van der Waals surface area (Å²) in [5, 5.41) is 4.26. The van der Waals surface area contributed by atoms with Crippen molar-refractivity contribution in [3.63, 3.8) is 0 Å². The van der Waals surface area contributed by atoms with Crippen molar-refractivity contribution in [1.82, 2.24) is 14.7 Å². The Morgan fingerprint density at radius 2 is 1.61 bits per heavy atom. The zero-order chi connectivity index (χ0) is 22.8. The smallest absolute Gasteiger partial charge is 0.301 e. The SMILES string of the molecule is CNS(=O)(=O)N(C)c1ccc(C(C)(C)Nc2ncnc3cc(OC)c(OC)cc23)cc1. The van der Waals surface area contributed by atoms with E-state index in [9.17, 15) is 8.42 Å². The molecule has 0 unspecified atom stereocenters. The average Bonchev–Trinajstić information content (AvgIpc) is 2.77. The largest absolute Gasteiger partial charge is 0.493 e. The van der Waals surface area contributed by atoms with E-state index in [2.05, 4.69) is 20.0 Å². The maximum atomic E-state index is 12.0. The molecule has 0 aliphatic heterocycles. The minimum atomic E-state index is -3.56. The lowest BCUT2D eigenvalue weighted by atomic mass is 9.94. The number of hydrogen-bond acceptors (Lipinski definition) is 7. The van der Waals surface area contributed by atoms with Gasteiger partial charge in [0.25, 0.3) is 0 Å². The Labute approximate surface area is 182 Å². The number of benzene rings is 2. The standard InChI is InChI=1S/C21H27N5O4S/c1-21(2,14-7-9-15(10-8-14)26(4)31(27,28)22-3)25-20-16-11-18(29-5)19(30-6)12-17(16)23-13-24-20/h7-13,22H,1-6H3,(H,23,24,25). The van der Waals surface area contributed by atoms with Crippen LogP contribution >= 0.6 is 0 Å². The molecule has 9 nitrogen and oxygen atoms in total. The van der Waals surface area contributed by atoms with Gasteiger partial charge in [-0.25, -0.2) is 14.7 Å². The highest BCUT2D eigenvalue weighted by atomic mass is 32.2. The van der Waals surface area contributed by atoms with Crippen molar-refractivity contribution in [2.45, 2.75) is 19.4 Å². The van der Waals surface area contributed by atoms with Crippen LogP contribution in [0, 0.1) is 0 Å². The Kier molecular flexibility index (Phi) is 6.23. The number of ether oxygens (including phenoxy) is 2. The lowest BCUT2D eigenvalue weighted by molar-refractivity contribution is 0.356. The summed E-state index contributed by atoms with van der Waals surface area (Å²) in [6.45, 7) is 4.04. The molecular weight excluding hydrogens is 418 g/mol. The lowest BCUT2D eigenvalue weighted by Gasteiger charge is -2.29. The number of rotatable bonds is 8. The highest BCUT2D eigenvalue weighted by Gasteiger charge is 2.24. The molecule has 0 amide bonds. The molecule has 166 valence electrons. The molecule has 10 heteroatoms. The zero-order valence-corrected chi connectivity index (χ0v) is 19.2. The van der Waals surface area contributed by atoms with E-state index in [1.807, 2.05) is 32.0 Å². The Morgan fingerprint density at radius 3 is 2.19 bits per heavy atom. The molecule has 0 spiro atoms. The Balaban J connectivity index is 1.94. The minimum Gasteiger partial charge on any atom is -0.493 e. The third-order valence-electron chi connectivity index (χ3n) is 5.14. The molecule has 0 fully saturated rings. The van der Waals surface area contributed by atoms with E-state index in [1.54, 1.807) is 32.4 Å². The van der Waals surface area contributed by atoms with E-state index in [0.29, 0.717) is 23.0 Å². The number of fused-ring (bicyclic) bond motifs is 1. The molecule has 3 rings (SSSR count). The molecule has 3 aromatic rings. The van der Waals surface area contributed by atoms with E-state index in [1.165, 1.54) is 24.7 Å². The first-order valence-electron chi connectivity index (χ1n) is 9.56. The number of nitrogens with zero attached hydrogens (tertiary/aromatic N) is 3. The van der Waals surface area contributed by atoms with Gasteiger partial charge in [-0.15, -0.1) is 0 Å². The number of anilines is 2. The van der Waals surface area contributed by atoms with Gasteiger partial charge in [0.2, 0.25) is 0 Å². The molecule has 2 N–H and O–H groups in total. The first-order valence-corrected chi connectivity index (χ1v) is 11.0. The fraction of sp³-hybridized carbons (Fsp3) is 0.333. The molecule has 1 aromatic heterocycles. The minimum absolute atomic E-state index is 0.507. The molecule has 1 heterocycles. The van der Waals surface area contributed by atoms with Gasteiger partial charge in [0.05, 0.1) is 31.0 Å². The molecule has 0 radical (unpaired) electrons. The summed E-state index contributed by atoms with van der Waals surface area (Å²) in [6.07, 6.45) is 1.49. The molecular formula is C21H27N5O4S. The summed E-state index contributed by atoms with van der Waals surface area (Å²) in [4.78, 5) is 8.76. The molecule has 0 atom stereocenters.